The maximum absolute atomic E-state index is 9.72. The first-order valence-electron chi connectivity index (χ1n) is 8.05. The molecule has 0 saturated heterocycles. The minimum atomic E-state index is 0. The SMILES string of the molecule is Cc1cc2c(O)c(c1)C(C)CS2.Cc1ccc(O)c(C(C)C)c1.[Cl-].[Cl-].[Ti+2]. The minimum absolute atomic E-state index is 0. The molecule has 0 aromatic heterocycles. The van der Waals surface area contributed by atoms with E-state index in [9.17, 15) is 10.2 Å². The molecule has 0 radical (unpaired) electrons. The molecular formula is C20H26Cl2O2STi. The zero-order valence-corrected chi connectivity index (χ0v) is 19.7. The second kappa shape index (κ2) is 12.2. The van der Waals surface area contributed by atoms with Crippen molar-refractivity contribution in [2.75, 3.05) is 5.75 Å². The molecule has 2 bridgehead atoms. The smallest absolute Gasteiger partial charge is 1.00 e. The fraction of sp³-hybridized carbons (Fsp3) is 0.400. The van der Waals surface area contributed by atoms with Gasteiger partial charge >= 0.3 is 21.7 Å². The molecule has 2 N–H and O–H groups in total. The van der Waals surface area contributed by atoms with Crippen molar-refractivity contribution in [2.45, 2.75) is 51.3 Å². The molecule has 1 aliphatic heterocycles. The zero-order valence-electron chi connectivity index (χ0n) is 15.8. The number of hydrogen-bond donors (Lipinski definition) is 2. The molecule has 26 heavy (non-hydrogen) atoms. The average Bonchev–Trinajstić information content (AvgIpc) is 2.48. The molecule has 0 aliphatic carbocycles. The Balaban J connectivity index is 0. The van der Waals surface area contributed by atoms with Crippen LogP contribution in [0.2, 0.25) is 0 Å². The fourth-order valence-corrected chi connectivity index (χ4v) is 3.83. The topological polar surface area (TPSA) is 40.5 Å². The number of hydrogen-bond acceptors (Lipinski definition) is 3. The number of fused-ring (bicyclic) bond motifs is 2. The maximum atomic E-state index is 9.72. The normalized spacial score (nSPS) is 14.2. The van der Waals surface area contributed by atoms with Crippen molar-refractivity contribution >= 4 is 11.8 Å². The van der Waals surface area contributed by atoms with Crippen LogP contribution in [-0.4, -0.2) is 16.0 Å². The molecule has 6 heteroatoms. The Morgan fingerprint density at radius 2 is 1.62 bits per heavy atom. The van der Waals surface area contributed by atoms with E-state index in [0.717, 1.165) is 21.8 Å². The third-order valence-corrected chi connectivity index (χ3v) is 5.36. The second-order valence-electron chi connectivity index (χ2n) is 6.63. The van der Waals surface area contributed by atoms with Crippen molar-refractivity contribution in [3.8, 4) is 11.5 Å². The summed E-state index contributed by atoms with van der Waals surface area (Å²) in [6.45, 7) is 10.4. The van der Waals surface area contributed by atoms with Gasteiger partial charge in [0, 0.05) is 10.6 Å². The van der Waals surface area contributed by atoms with E-state index in [1.54, 1.807) is 17.8 Å². The van der Waals surface area contributed by atoms with Gasteiger partial charge in [0.1, 0.15) is 11.5 Å². The average molecular weight is 449 g/mol. The first-order chi connectivity index (χ1) is 10.8. The Labute approximate surface area is 188 Å². The molecule has 1 atom stereocenters. The van der Waals surface area contributed by atoms with Gasteiger partial charge in [0.05, 0.1) is 0 Å². The van der Waals surface area contributed by atoms with Gasteiger partial charge in [-0.3, -0.25) is 0 Å². The fourth-order valence-electron chi connectivity index (χ4n) is 2.70. The van der Waals surface area contributed by atoms with Gasteiger partial charge in [0.15, 0.2) is 0 Å². The maximum Gasteiger partial charge on any atom is 2.00 e. The van der Waals surface area contributed by atoms with Gasteiger partial charge in [0.2, 0.25) is 0 Å². The number of benzene rings is 2. The molecule has 3 rings (SSSR count). The summed E-state index contributed by atoms with van der Waals surface area (Å²) in [6.07, 6.45) is 0. The van der Waals surface area contributed by atoms with E-state index in [0.29, 0.717) is 23.3 Å². The molecule has 2 nitrogen and oxygen atoms in total. The van der Waals surface area contributed by atoms with Crippen LogP contribution in [0.1, 0.15) is 54.9 Å². The number of aryl methyl sites for hydroxylation is 2. The van der Waals surface area contributed by atoms with Crippen LogP contribution in [0.15, 0.2) is 35.2 Å². The summed E-state index contributed by atoms with van der Waals surface area (Å²) in [5, 5.41) is 19.1. The Hall–Kier alpha value is -0.316. The van der Waals surface area contributed by atoms with Gasteiger partial charge in [-0.15, -0.1) is 11.8 Å². The van der Waals surface area contributed by atoms with E-state index in [1.807, 2.05) is 19.1 Å². The molecule has 1 unspecified atom stereocenters. The number of rotatable bonds is 1. The van der Waals surface area contributed by atoms with Crippen LogP contribution >= 0.6 is 11.8 Å². The van der Waals surface area contributed by atoms with E-state index in [-0.39, 0.29) is 46.5 Å². The van der Waals surface area contributed by atoms with E-state index in [2.05, 4.69) is 39.8 Å². The van der Waals surface area contributed by atoms with Gasteiger partial charge in [-0.05, 0) is 54.5 Å². The van der Waals surface area contributed by atoms with Crippen molar-refractivity contribution in [3.05, 3.63) is 52.6 Å². The van der Waals surface area contributed by atoms with Crippen molar-refractivity contribution in [2.24, 2.45) is 0 Å². The molecular weight excluding hydrogens is 423 g/mol. The van der Waals surface area contributed by atoms with Crippen molar-refractivity contribution in [1.82, 2.24) is 0 Å². The van der Waals surface area contributed by atoms with Crippen LogP contribution in [-0.2, 0) is 21.7 Å². The van der Waals surface area contributed by atoms with Crippen LogP contribution in [0.3, 0.4) is 0 Å². The van der Waals surface area contributed by atoms with Crippen LogP contribution in [0.4, 0.5) is 0 Å². The number of phenolic OH excluding ortho intramolecular Hbond substituents is 2. The third kappa shape index (κ3) is 7.01. The van der Waals surface area contributed by atoms with Crippen LogP contribution in [0, 0.1) is 13.8 Å². The monoisotopic (exact) mass is 448 g/mol. The minimum Gasteiger partial charge on any atom is -1.00 e. The Bertz CT molecular complexity index is 708. The van der Waals surface area contributed by atoms with E-state index in [1.165, 1.54) is 11.1 Å². The predicted octanol–water partition coefficient (Wildman–Crippen LogP) is -0.261. The molecule has 1 heterocycles. The predicted molar refractivity (Wildman–Crippen MR) is 98.9 cm³/mol. The number of phenols is 2. The van der Waals surface area contributed by atoms with E-state index in [4.69, 9.17) is 0 Å². The molecule has 142 valence electrons. The standard InChI is InChI=1S/C10H12OS.C10H14O.2ClH.Ti/c1-6-3-8-7(2)5-12-9(4-6)10(8)11;1-7(2)9-6-8(3)4-5-10(9)11;;;/h3-4,7,11H,5H2,1-2H3;4-7,11H,1-3H3;2*1H;/q;;;;+2/p-2. The largest absolute Gasteiger partial charge is 2.00 e. The molecule has 2 aromatic carbocycles. The molecule has 0 fully saturated rings. The first kappa shape index (κ1) is 27.9. The second-order valence-corrected chi connectivity index (χ2v) is 7.69. The summed E-state index contributed by atoms with van der Waals surface area (Å²) < 4.78 is 0. The molecule has 0 spiro atoms. The van der Waals surface area contributed by atoms with Crippen molar-refractivity contribution < 1.29 is 56.7 Å². The van der Waals surface area contributed by atoms with Gasteiger partial charge in [-0.1, -0.05) is 44.5 Å². The molecule has 2 aromatic rings. The Morgan fingerprint density at radius 1 is 1.00 bits per heavy atom. The quantitative estimate of drug-likeness (QED) is 0.590. The van der Waals surface area contributed by atoms with Crippen molar-refractivity contribution in [1.29, 1.82) is 0 Å². The van der Waals surface area contributed by atoms with Crippen LogP contribution < -0.4 is 24.8 Å². The molecule has 1 aliphatic rings. The third-order valence-electron chi connectivity index (χ3n) is 4.07. The summed E-state index contributed by atoms with van der Waals surface area (Å²) >= 11 is 1.75. The van der Waals surface area contributed by atoms with Crippen LogP contribution in [0.25, 0.3) is 0 Å². The van der Waals surface area contributed by atoms with Gasteiger partial charge < -0.3 is 35.0 Å². The van der Waals surface area contributed by atoms with Crippen molar-refractivity contribution in [3.63, 3.8) is 0 Å². The summed E-state index contributed by atoms with van der Waals surface area (Å²) in [4.78, 5) is 1.04. The first-order valence-corrected chi connectivity index (χ1v) is 9.04. The zero-order chi connectivity index (χ0) is 17.1. The number of thioether (sulfide) groups is 1. The summed E-state index contributed by atoms with van der Waals surface area (Å²) in [6, 6.07) is 9.84. The summed E-state index contributed by atoms with van der Waals surface area (Å²) in [5.74, 6) is 2.89. The van der Waals surface area contributed by atoms with Gasteiger partial charge in [-0.2, -0.15) is 0 Å². The van der Waals surface area contributed by atoms with Crippen LogP contribution in [0.5, 0.6) is 11.5 Å². The summed E-state index contributed by atoms with van der Waals surface area (Å²) in [5.41, 5.74) is 4.59. The van der Waals surface area contributed by atoms with E-state index < -0.39 is 0 Å². The van der Waals surface area contributed by atoms with Gasteiger partial charge in [-0.25, -0.2) is 0 Å². The summed E-state index contributed by atoms with van der Waals surface area (Å²) in [7, 11) is 0. The molecule has 0 saturated carbocycles. The Kier molecular flexibility index (Phi) is 13.1. The van der Waals surface area contributed by atoms with E-state index >= 15 is 0 Å². The number of halogens is 2. The Morgan fingerprint density at radius 3 is 2.15 bits per heavy atom. The molecule has 0 amide bonds. The van der Waals surface area contributed by atoms with Gasteiger partial charge in [0.25, 0.3) is 0 Å². The number of aromatic hydroxyl groups is 2.